The Hall–Kier alpha value is -3.26. The molecule has 5 heteroatoms. The molecule has 0 heterocycles. The highest BCUT2D eigenvalue weighted by Crippen LogP contribution is 2.25. The summed E-state index contributed by atoms with van der Waals surface area (Å²) in [6.45, 7) is 3.82. The molecule has 128 valence electrons. The molecule has 25 heavy (non-hydrogen) atoms. The zero-order chi connectivity index (χ0) is 18.4. The van der Waals surface area contributed by atoms with E-state index in [1.165, 1.54) is 6.08 Å². The largest absolute Gasteiger partial charge is 0.497 e. The lowest BCUT2D eigenvalue weighted by molar-refractivity contribution is -0.112. The summed E-state index contributed by atoms with van der Waals surface area (Å²) in [7, 11) is 3.09. The van der Waals surface area contributed by atoms with Gasteiger partial charge in [-0.15, -0.1) is 0 Å². The predicted octanol–water partition coefficient (Wildman–Crippen LogP) is 3.87. The molecular formula is C20H20N2O3. The number of benzene rings is 2. The van der Waals surface area contributed by atoms with E-state index < -0.39 is 5.91 Å². The predicted molar refractivity (Wildman–Crippen MR) is 97.7 cm³/mol. The molecule has 0 unspecified atom stereocenters. The average molecular weight is 336 g/mol. The SMILES string of the molecule is COc1cc(/C=C(\C#N)C(=O)Nc2c(C)cccc2C)cc(OC)c1. The van der Waals surface area contributed by atoms with Gasteiger partial charge in [-0.05, 0) is 48.7 Å². The second-order valence-corrected chi connectivity index (χ2v) is 5.54. The van der Waals surface area contributed by atoms with Gasteiger partial charge in [-0.25, -0.2) is 0 Å². The van der Waals surface area contributed by atoms with Gasteiger partial charge in [0.2, 0.25) is 0 Å². The number of nitriles is 1. The van der Waals surface area contributed by atoms with Crippen LogP contribution in [0.1, 0.15) is 16.7 Å². The van der Waals surface area contributed by atoms with E-state index in [2.05, 4.69) is 5.32 Å². The number of rotatable bonds is 5. The Balaban J connectivity index is 2.34. The van der Waals surface area contributed by atoms with Crippen molar-refractivity contribution in [1.29, 1.82) is 5.26 Å². The molecule has 0 aliphatic carbocycles. The minimum atomic E-state index is -0.457. The van der Waals surface area contributed by atoms with Crippen molar-refractivity contribution in [3.05, 3.63) is 58.7 Å². The molecule has 0 aromatic heterocycles. The van der Waals surface area contributed by atoms with Crippen molar-refractivity contribution in [2.24, 2.45) is 0 Å². The van der Waals surface area contributed by atoms with Crippen LogP contribution in [0.3, 0.4) is 0 Å². The Morgan fingerprint density at radius 2 is 1.64 bits per heavy atom. The molecule has 0 bridgehead atoms. The van der Waals surface area contributed by atoms with Crippen LogP contribution in [0.4, 0.5) is 5.69 Å². The number of anilines is 1. The second kappa shape index (κ2) is 8.02. The maximum atomic E-state index is 12.5. The van der Waals surface area contributed by atoms with E-state index in [1.54, 1.807) is 32.4 Å². The van der Waals surface area contributed by atoms with Crippen molar-refractivity contribution in [2.45, 2.75) is 13.8 Å². The first-order valence-electron chi connectivity index (χ1n) is 7.71. The third-order valence-corrected chi connectivity index (χ3v) is 3.77. The van der Waals surface area contributed by atoms with E-state index in [9.17, 15) is 10.1 Å². The average Bonchev–Trinajstić information content (AvgIpc) is 2.62. The summed E-state index contributed by atoms with van der Waals surface area (Å²) in [6.07, 6.45) is 1.51. The fourth-order valence-electron chi connectivity index (χ4n) is 2.42. The molecule has 2 aromatic carbocycles. The zero-order valence-corrected chi connectivity index (χ0v) is 14.7. The van der Waals surface area contributed by atoms with Crippen LogP contribution in [0.2, 0.25) is 0 Å². The van der Waals surface area contributed by atoms with Crippen LogP contribution in [0.25, 0.3) is 6.08 Å². The standard InChI is InChI=1S/C20H20N2O3/c1-13-6-5-7-14(2)19(13)22-20(23)16(12-21)8-15-9-17(24-3)11-18(10-15)25-4/h5-11H,1-4H3,(H,22,23)/b16-8+. The van der Waals surface area contributed by atoms with Crippen LogP contribution in [0, 0.1) is 25.2 Å². The summed E-state index contributed by atoms with van der Waals surface area (Å²) in [5, 5.41) is 12.2. The summed E-state index contributed by atoms with van der Waals surface area (Å²) in [4.78, 5) is 12.5. The van der Waals surface area contributed by atoms with Crippen LogP contribution in [0.15, 0.2) is 42.0 Å². The zero-order valence-electron chi connectivity index (χ0n) is 14.7. The fraction of sp³-hybridized carbons (Fsp3) is 0.200. The normalized spacial score (nSPS) is 10.8. The first kappa shape index (κ1) is 18.1. The highest BCUT2D eigenvalue weighted by Gasteiger charge is 2.13. The molecule has 5 nitrogen and oxygen atoms in total. The maximum absolute atomic E-state index is 12.5. The molecule has 0 saturated carbocycles. The molecule has 0 aliphatic rings. The lowest BCUT2D eigenvalue weighted by Gasteiger charge is -2.11. The maximum Gasteiger partial charge on any atom is 0.266 e. The molecule has 1 N–H and O–H groups in total. The number of aryl methyl sites for hydroxylation is 2. The number of carbonyl (C=O) groups is 1. The molecule has 0 saturated heterocycles. The highest BCUT2D eigenvalue weighted by molar-refractivity contribution is 6.10. The molecule has 1 amide bonds. The molecule has 0 spiro atoms. The lowest BCUT2D eigenvalue weighted by atomic mass is 10.1. The Morgan fingerprint density at radius 1 is 1.08 bits per heavy atom. The van der Waals surface area contributed by atoms with Gasteiger partial charge < -0.3 is 14.8 Å². The molecule has 0 radical (unpaired) electrons. The first-order chi connectivity index (χ1) is 12.0. The number of para-hydroxylation sites is 1. The van der Waals surface area contributed by atoms with Crippen molar-refractivity contribution >= 4 is 17.7 Å². The van der Waals surface area contributed by atoms with E-state index in [1.807, 2.05) is 38.1 Å². The third-order valence-electron chi connectivity index (χ3n) is 3.77. The summed E-state index contributed by atoms with van der Waals surface area (Å²) in [5.41, 5.74) is 3.24. The number of hydrogen-bond acceptors (Lipinski definition) is 4. The van der Waals surface area contributed by atoms with Gasteiger partial charge >= 0.3 is 0 Å². The summed E-state index contributed by atoms with van der Waals surface area (Å²) < 4.78 is 10.4. The smallest absolute Gasteiger partial charge is 0.266 e. The van der Waals surface area contributed by atoms with E-state index >= 15 is 0 Å². The quantitative estimate of drug-likeness (QED) is 0.665. The highest BCUT2D eigenvalue weighted by atomic mass is 16.5. The van der Waals surface area contributed by atoms with Crippen LogP contribution >= 0.6 is 0 Å². The van der Waals surface area contributed by atoms with E-state index in [-0.39, 0.29) is 5.57 Å². The van der Waals surface area contributed by atoms with Crippen molar-refractivity contribution < 1.29 is 14.3 Å². The number of nitrogens with zero attached hydrogens (tertiary/aromatic N) is 1. The number of methoxy groups -OCH3 is 2. The number of ether oxygens (including phenoxy) is 2. The van der Waals surface area contributed by atoms with Gasteiger partial charge in [0.05, 0.1) is 14.2 Å². The first-order valence-corrected chi connectivity index (χ1v) is 7.71. The Bertz CT molecular complexity index is 821. The topological polar surface area (TPSA) is 71.3 Å². The Morgan fingerprint density at radius 3 is 2.12 bits per heavy atom. The molecule has 0 atom stereocenters. The van der Waals surface area contributed by atoms with Gasteiger partial charge in [0.25, 0.3) is 5.91 Å². The molecule has 0 aliphatic heterocycles. The summed E-state index contributed by atoms with van der Waals surface area (Å²) in [5.74, 6) is 0.706. The Kier molecular flexibility index (Phi) is 5.80. The monoisotopic (exact) mass is 336 g/mol. The minimum Gasteiger partial charge on any atom is -0.497 e. The third kappa shape index (κ3) is 4.39. The minimum absolute atomic E-state index is 0.00189. The molecule has 2 aromatic rings. The van der Waals surface area contributed by atoms with Gasteiger partial charge in [0.1, 0.15) is 23.1 Å². The summed E-state index contributed by atoms with van der Waals surface area (Å²) >= 11 is 0. The van der Waals surface area contributed by atoms with Crippen molar-refractivity contribution in [3.63, 3.8) is 0 Å². The number of nitrogens with one attached hydrogen (secondary N) is 1. The molecule has 0 fully saturated rings. The lowest BCUT2D eigenvalue weighted by Crippen LogP contribution is -2.15. The van der Waals surface area contributed by atoms with Crippen molar-refractivity contribution in [2.75, 3.05) is 19.5 Å². The van der Waals surface area contributed by atoms with Gasteiger partial charge in [-0.3, -0.25) is 4.79 Å². The fourth-order valence-corrected chi connectivity index (χ4v) is 2.42. The van der Waals surface area contributed by atoms with Gasteiger partial charge in [-0.2, -0.15) is 5.26 Å². The number of carbonyl (C=O) groups excluding carboxylic acids is 1. The van der Waals surface area contributed by atoms with Crippen molar-refractivity contribution in [3.8, 4) is 17.6 Å². The van der Waals surface area contributed by atoms with E-state index in [0.717, 1.165) is 16.8 Å². The number of amides is 1. The van der Waals surface area contributed by atoms with Crippen LogP contribution in [-0.2, 0) is 4.79 Å². The second-order valence-electron chi connectivity index (χ2n) is 5.54. The van der Waals surface area contributed by atoms with Crippen LogP contribution in [-0.4, -0.2) is 20.1 Å². The molecule has 2 rings (SSSR count). The molecular weight excluding hydrogens is 316 g/mol. The van der Waals surface area contributed by atoms with Crippen molar-refractivity contribution in [1.82, 2.24) is 0 Å². The van der Waals surface area contributed by atoms with Crippen LogP contribution in [0.5, 0.6) is 11.5 Å². The van der Waals surface area contributed by atoms with Gasteiger partial charge in [-0.1, -0.05) is 18.2 Å². The van der Waals surface area contributed by atoms with E-state index in [0.29, 0.717) is 17.1 Å². The van der Waals surface area contributed by atoms with Gasteiger partial charge in [0.15, 0.2) is 0 Å². The van der Waals surface area contributed by atoms with E-state index in [4.69, 9.17) is 9.47 Å². The van der Waals surface area contributed by atoms with Gasteiger partial charge in [0, 0.05) is 11.8 Å². The Labute approximate surface area is 147 Å². The number of hydrogen-bond donors (Lipinski definition) is 1. The van der Waals surface area contributed by atoms with Crippen LogP contribution < -0.4 is 14.8 Å². The summed E-state index contributed by atoms with van der Waals surface area (Å²) in [6, 6.07) is 12.9.